The summed E-state index contributed by atoms with van der Waals surface area (Å²) in [5, 5.41) is 2.87. The number of hydrogen-bond donors (Lipinski definition) is 2. The van der Waals surface area contributed by atoms with Gasteiger partial charge in [0.05, 0.1) is 0 Å². The van der Waals surface area contributed by atoms with E-state index in [2.05, 4.69) is 26.2 Å². The van der Waals surface area contributed by atoms with Gasteiger partial charge in [0, 0.05) is 16.2 Å². The summed E-state index contributed by atoms with van der Waals surface area (Å²) in [6.45, 7) is 6.07. The highest BCUT2D eigenvalue weighted by Gasteiger charge is 2.16. The topological polar surface area (TPSA) is 62.0 Å². The van der Waals surface area contributed by atoms with Crippen LogP contribution in [0.25, 0.3) is 0 Å². The third-order valence-electron chi connectivity index (χ3n) is 3.13. The first-order valence-electron chi connectivity index (χ1n) is 6.75. The lowest BCUT2D eigenvalue weighted by Gasteiger charge is -2.14. The molecule has 0 aliphatic heterocycles. The van der Waals surface area contributed by atoms with Crippen LogP contribution in [0, 0.1) is 0 Å². The predicted octanol–water partition coefficient (Wildman–Crippen LogP) is 3.01. The van der Waals surface area contributed by atoms with Crippen LogP contribution in [0.3, 0.4) is 0 Å². The molecule has 0 aliphatic rings. The number of hydrogen-bond acceptors (Lipinski definition) is 2. The number of aryl methyl sites for hydroxylation is 1. The molecule has 0 aliphatic carbocycles. The van der Waals surface area contributed by atoms with Gasteiger partial charge in [-0.15, -0.1) is 0 Å². The molecule has 1 rings (SSSR count). The lowest BCUT2D eigenvalue weighted by molar-refractivity contribution is 0.0933. The standard InChI is InChI=1S/C14H21BrN2O2/c1-4-7-12-11(15)8-10(14(19)17-12)13(18)16-9(5-2)6-3/h8-9H,4-7H2,1-3H3,(H,16,18)(H,17,19). The number of H-pyrrole nitrogens is 1. The van der Waals surface area contributed by atoms with Gasteiger partial charge in [-0.25, -0.2) is 0 Å². The van der Waals surface area contributed by atoms with Gasteiger partial charge in [0.2, 0.25) is 0 Å². The molecule has 0 radical (unpaired) electrons. The number of nitrogens with one attached hydrogen (secondary N) is 2. The molecule has 1 amide bonds. The third-order valence-corrected chi connectivity index (χ3v) is 3.84. The number of aromatic nitrogens is 1. The molecule has 4 nitrogen and oxygen atoms in total. The van der Waals surface area contributed by atoms with Crippen molar-refractivity contribution in [3.8, 4) is 0 Å². The molecule has 0 atom stereocenters. The molecule has 5 heteroatoms. The molecule has 0 aromatic carbocycles. The van der Waals surface area contributed by atoms with Crippen molar-refractivity contribution >= 4 is 21.8 Å². The summed E-state index contributed by atoms with van der Waals surface area (Å²) in [6.07, 6.45) is 3.43. The van der Waals surface area contributed by atoms with Crippen molar-refractivity contribution in [2.24, 2.45) is 0 Å². The molecule has 19 heavy (non-hydrogen) atoms. The number of rotatable bonds is 6. The summed E-state index contributed by atoms with van der Waals surface area (Å²) in [7, 11) is 0. The van der Waals surface area contributed by atoms with E-state index in [0.29, 0.717) is 0 Å². The average Bonchev–Trinajstić information content (AvgIpc) is 2.39. The monoisotopic (exact) mass is 328 g/mol. The van der Waals surface area contributed by atoms with Gasteiger partial charge in [-0.2, -0.15) is 0 Å². The maximum Gasteiger partial charge on any atom is 0.261 e. The zero-order valence-electron chi connectivity index (χ0n) is 11.7. The highest BCUT2D eigenvalue weighted by Crippen LogP contribution is 2.15. The van der Waals surface area contributed by atoms with Crippen molar-refractivity contribution in [3.63, 3.8) is 0 Å². The van der Waals surface area contributed by atoms with Gasteiger partial charge in [0.15, 0.2) is 0 Å². The lowest BCUT2D eigenvalue weighted by atomic mass is 10.1. The second-order valence-electron chi connectivity index (χ2n) is 4.58. The van der Waals surface area contributed by atoms with Crippen LogP contribution in [-0.2, 0) is 6.42 Å². The fourth-order valence-electron chi connectivity index (χ4n) is 1.90. The smallest absolute Gasteiger partial charge is 0.261 e. The van der Waals surface area contributed by atoms with Crippen LogP contribution < -0.4 is 10.9 Å². The second kappa shape index (κ2) is 7.48. The van der Waals surface area contributed by atoms with E-state index in [0.717, 1.165) is 35.8 Å². The SMILES string of the molecule is CCCc1[nH]c(=O)c(C(=O)NC(CC)CC)cc1Br. The van der Waals surface area contributed by atoms with Crippen LogP contribution >= 0.6 is 15.9 Å². The maximum absolute atomic E-state index is 12.1. The molecule has 0 fully saturated rings. The molecular formula is C14H21BrN2O2. The first-order chi connectivity index (χ1) is 9.03. The fraction of sp³-hybridized carbons (Fsp3) is 0.571. The van der Waals surface area contributed by atoms with Crippen LogP contribution in [0.15, 0.2) is 15.3 Å². The number of carbonyl (C=O) groups is 1. The molecule has 0 saturated carbocycles. The van der Waals surface area contributed by atoms with Crippen LogP contribution in [-0.4, -0.2) is 16.9 Å². The van der Waals surface area contributed by atoms with Gasteiger partial charge in [-0.1, -0.05) is 27.2 Å². The molecule has 2 N–H and O–H groups in total. The normalized spacial score (nSPS) is 10.8. The Morgan fingerprint density at radius 2 is 2.00 bits per heavy atom. The number of amides is 1. The highest BCUT2D eigenvalue weighted by molar-refractivity contribution is 9.10. The Balaban J connectivity index is 2.98. The second-order valence-corrected chi connectivity index (χ2v) is 5.43. The van der Waals surface area contributed by atoms with Gasteiger partial charge >= 0.3 is 0 Å². The summed E-state index contributed by atoms with van der Waals surface area (Å²) in [5.74, 6) is -0.307. The molecule has 1 aromatic rings. The minimum absolute atomic E-state index is 0.112. The molecule has 1 heterocycles. The average molecular weight is 329 g/mol. The minimum Gasteiger partial charge on any atom is -0.349 e. The Morgan fingerprint density at radius 1 is 1.37 bits per heavy atom. The number of aromatic amines is 1. The van der Waals surface area contributed by atoms with Crippen molar-refractivity contribution in [1.29, 1.82) is 0 Å². The Labute approximate surface area is 122 Å². The number of pyridine rings is 1. The highest BCUT2D eigenvalue weighted by atomic mass is 79.9. The van der Waals surface area contributed by atoms with E-state index in [4.69, 9.17) is 0 Å². The molecular weight excluding hydrogens is 308 g/mol. The Bertz CT molecular complexity index is 493. The molecule has 0 bridgehead atoms. The van der Waals surface area contributed by atoms with Crippen molar-refractivity contribution < 1.29 is 4.79 Å². The zero-order chi connectivity index (χ0) is 14.4. The number of carbonyl (C=O) groups excluding carboxylic acids is 1. The van der Waals surface area contributed by atoms with Gasteiger partial charge in [0.25, 0.3) is 11.5 Å². The molecule has 0 spiro atoms. The Hall–Kier alpha value is -1.10. The van der Waals surface area contributed by atoms with Gasteiger partial charge in [-0.05, 0) is 41.3 Å². The van der Waals surface area contributed by atoms with Crippen molar-refractivity contribution in [2.75, 3.05) is 0 Å². The van der Waals surface area contributed by atoms with E-state index in [1.807, 2.05) is 20.8 Å². The van der Waals surface area contributed by atoms with E-state index >= 15 is 0 Å². The van der Waals surface area contributed by atoms with E-state index in [-0.39, 0.29) is 23.1 Å². The van der Waals surface area contributed by atoms with Crippen molar-refractivity contribution in [2.45, 2.75) is 52.5 Å². The quantitative estimate of drug-likeness (QED) is 0.843. The zero-order valence-corrected chi connectivity index (χ0v) is 13.3. The predicted molar refractivity (Wildman–Crippen MR) is 80.6 cm³/mol. The maximum atomic E-state index is 12.1. The molecule has 106 valence electrons. The molecule has 1 aromatic heterocycles. The molecule has 0 saturated heterocycles. The largest absolute Gasteiger partial charge is 0.349 e. The summed E-state index contributed by atoms with van der Waals surface area (Å²) >= 11 is 3.40. The van der Waals surface area contributed by atoms with Crippen LogP contribution in [0.2, 0.25) is 0 Å². The first kappa shape index (κ1) is 16.0. The Kier molecular flexibility index (Phi) is 6.28. The third kappa shape index (κ3) is 4.20. The van der Waals surface area contributed by atoms with Gasteiger partial charge in [-0.3, -0.25) is 9.59 Å². The van der Waals surface area contributed by atoms with Crippen LogP contribution in [0.1, 0.15) is 56.1 Å². The molecule has 0 unspecified atom stereocenters. The summed E-state index contributed by atoms with van der Waals surface area (Å²) < 4.78 is 0.781. The van der Waals surface area contributed by atoms with Crippen molar-refractivity contribution in [3.05, 3.63) is 32.2 Å². The van der Waals surface area contributed by atoms with Gasteiger partial charge in [0.1, 0.15) is 5.56 Å². The summed E-state index contributed by atoms with van der Waals surface area (Å²) in [4.78, 5) is 26.8. The van der Waals surface area contributed by atoms with E-state index in [9.17, 15) is 9.59 Å². The minimum atomic E-state index is -0.324. The first-order valence-corrected chi connectivity index (χ1v) is 7.55. The van der Waals surface area contributed by atoms with E-state index in [1.165, 1.54) is 0 Å². The number of halogens is 1. The fourth-order valence-corrected chi connectivity index (χ4v) is 2.43. The van der Waals surface area contributed by atoms with Crippen LogP contribution in [0.4, 0.5) is 0 Å². The lowest BCUT2D eigenvalue weighted by Crippen LogP contribution is -2.37. The van der Waals surface area contributed by atoms with Crippen molar-refractivity contribution in [1.82, 2.24) is 10.3 Å². The van der Waals surface area contributed by atoms with Crippen LogP contribution in [0.5, 0.6) is 0 Å². The summed E-state index contributed by atoms with van der Waals surface area (Å²) in [5.41, 5.74) is 0.681. The van der Waals surface area contributed by atoms with E-state index in [1.54, 1.807) is 6.07 Å². The summed E-state index contributed by atoms with van der Waals surface area (Å²) in [6, 6.07) is 1.72. The Morgan fingerprint density at radius 3 is 2.53 bits per heavy atom. The van der Waals surface area contributed by atoms with Gasteiger partial charge < -0.3 is 10.3 Å². The van der Waals surface area contributed by atoms with E-state index < -0.39 is 0 Å².